The summed E-state index contributed by atoms with van der Waals surface area (Å²) in [6.45, 7) is -0.0105. The van der Waals surface area contributed by atoms with E-state index in [1.165, 1.54) is 12.1 Å². The molecule has 0 saturated carbocycles. The zero-order valence-electron chi connectivity index (χ0n) is 8.23. The van der Waals surface area contributed by atoms with Gasteiger partial charge >= 0.3 is 0 Å². The number of rotatable bonds is 3. The molecule has 1 rings (SSSR count). The van der Waals surface area contributed by atoms with Gasteiger partial charge in [-0.2, -0.15) is 0 Å². The molecule has 0 amide bonds. The standard InChI is InChI=1S/C9H11ClFN3O.HI/c10-6-2-1-5(3-7(6)11)8(15)4-14-9(12)13;/h1-3,8,15H,4H2,(H4,12,13,14);1H. The molecule has 1 aromatic carbocycles. The van der Waals surface area contributed by atoms with Crippen LogP contribution in [0.5, 0.6) is 0 Å². The number of guanidine groups is 1. The highest BCUT2D eigenvalue weighted by atomic mass is 127. The molecule has 90 valence electrons. The first-order chi connectivity index (χ1) is 7.00. The first-order valence-corrected chi connectivity index (χ1v) is 4.57. The van der Waals surface area contributed by atoms with Gasteiger partial charge in [-0.15, -0.1) is 24.0 Å². The summed E-state index contributed by atoms with van der Waals surface area (Å²) in [6, 6.07) is 4.03. The van der Waals surface area contributed by atoms with Crippen LogP contribution in [-0.4, -0.2) is 17.6 Å². The molecule has 1 aromatic rings. The Hall–Kier alpha value is -0.600. The fourth-order valence-corrected chi connectivity index (χ4v) is 1.13. The van der Waals surface area contributed by atoms with Crippen molar-refractivity contribution in [3.63, 3.8) is 0 Å². The maximum Gasteiger partial charge on any atom is 0.186 e. The molecule has 7 heteroatoms. The third-order valence-corrected chi connectivity index (χ3v) is 2.08. The van der Waals surface area contributed by atoms with Crippen molar-refractivity contribution in [1.82, 2.24) is 0 Å². The molecule has 0 saturated heterocycles. The molecule has 0 radical (unpaired) electrons. The number of aliphatic hydroxyl groups excluding tert-OH is 1. The van der Waals surface area contributed by atoms with Crippen molar-refractivity contribution in [3.8, 4) is 0 Å². The minimum absolute atomic E-state index is 0. The third-order valence-electron chi connectivity index (χ3n) is 1.78. The average molecular weight is 360 g/mol. The number of halogens is 3. The molecule has 0 aliphatic carbocycles. The van der Waals surface area contributed by atoms with E-state index >= 15 is 0 Å². The monoisotopic (exact) mass is 359 g/mol. The molecule has 1 unspecified atom stereocenters. The predicted octanol–water partition coefficient (Wildman–Crippen LogP) is 1.40. The van der Waals surface area contributed by atoms with E-state index in [9.17, 15) is 9.50 Å². The van der Waals surface area contributed by atoms with Crippen LogP contribution in [0.4, 0.5) is 4.39 Å². The van der Waals surface area contributed by atoms with Crippen LogP contribution in [-0.2, 0) is 0 Å². The Morgan fingerprint density at radius 2 is 2.12 bits per heavy atom. The number of nitrogens with zero attached hydrogens (tertiary/aromatic N) is 1. The van der Waals surface area contributed by atoms with E-state index in [-0.39, 0.29) is 41.5 Å². The summed E-state index contributed by atoms with van der Waals surface area (Å²) < 4.78 is 13.0. The van der Waals surface area contributed by atoms with Crippen molar-refractivity contribution in [1.29, 1.82) is 0 Å². The summed E-state index contributed by atoms with van der Waals surface area (Å²) in [5.41, 5.74) is 10.6. The lowest BCUT2D eigenvalue weighted by molar-refractivity contribution is 0.187. The first kappa shape index (κ1) is 15.4. The molecule has 0 aromatic heterocycles. The second-order valence-electron chi connectivity index (χ2n) is 2.95. The molecule has 0 bridgehead atoms. The zero-order valence-corrected chi connectivity index (χ0v) is 11.3. The van der Waals surface area contributed by atoms with Crippen molar-refractivity contribution >= 4 is 41.5 Å². The predicted molar refractivity (Wildman–Crippen MR) is 72.5 cm³/mol. The van der Waals surface area contributed by atoms with E-state index in [2.05, 4.69) is 4.99 Å². The average Bonchev–Trinajstić information content (AvgIpc) is 2.18. The maximum atomic E-state index is 13.0. The number of hydrogen-bond donors (Lipinski definition) is 3. The lowest BCUT2D eigenvalue weighted by Crippen LogP contribution is -2.23. The smallest absolute Gasteiger partial charge is 0.186 e. The van der Waals surface area contributed by atoms with E-state index < -0.39 is 11.9 Å². The molecule has 4 nitrogen and oxygen atoms in total. The van der Waals surface area contributed by atoms with E-state index in [1.54, 1.807) is 0 Å². The van der Waals surface area contributed by atoms with Crippen LogP contribution >= 0.6 is 35.6 Å². The number of nitrogens with two attached hydrogens (primary N) is 2. The highest BCUT2D eigenvalue weighted by Gasteiger charge is 2.09. The van der Waals surface area contributed by atoms with Gasteiger partial charge in [0.15, 0.2) is 5.96 Å². The van der Waals surface area contributed by atoms with Crippen molar-refractivity contribution in [3.05, 3.63) is 34.6 Å². The molecule has 0 aliphatic heterocycles. The van der Waals surface area contributed by atoms with E-state index in [0.717, 1.165) is 6.07 Å². The second-order valence-corrected chi connectivity index (χ2v) is 3.36. The van der Waals surface area contributed by atoms with Gasteiger partial charge < -0.3 is 16.6 Å². The van der Waals surface area contributed by atoms with Crippen molar-refractivity contribution in [2.75, 3.05) is 6.54 Å². The lowest BCUT2D eigenvalue weighted by Gasteiger charge is -2.08. The van der Waals surface area contributed by atoms with E-state index in [4.69, 9.17) is 23.1 Å². The number of benzene rings is 1. The molecule has 16 heavy (non-hydrogen) atoms. The Morgan fingerprint density at radius 1 is 1.50 bits per heavy atom. The lowest BCUT2D eigenvalue weighted by atomic mass is 10.1. The number of aliphatic imine (C=N–C) groups is 1. The fraction of sp³-hybridized carbons (Fsp3) is 0.222. The largest absolute Gasteiger partial charge is 0.386 e. The summed E-state index contributed by atoms with van der Waals surface area (Å²) in [4.78, 5) is 3.62. The minimum Gasteiger partial charge on any atom is -0.386 e. The number of hydrogen-bond acceptors (Lipinski definition) is 2. The Kier molecular flexibility index (Phi) is 6.61. The SMILES string of the molecule is I.NC(N)=NCC(O)c1ccc(Cl)c(F)c1. The van der Waals surface area contributed by atoms with Gasteiger partial charge in [-0.25, -0.2) is 4.39 Å². The van der Waals surface area contributed by atoms with Gasteiger partial charge in [-0.05, 0) is 17.7 Å². The van der Waals surface area contributed by atoms with Crippen molar-refractivity contribution in [2.24, 2.45) is 16.5 Å². The van der Waals surface area contributed by atoms with Gasteiger partial charge in [0.2, 0.25) is 0 Å². The Labute approximate surface area is 115 Å². The van der Waals surface area contributed by atoms with Crippen molar-refractivity contribution in [2.45, 2.75) is 6.10 Å². The topological polar surface area (TPSA) is 84.6 Å². The van der Waals surface area contributed by atoms with Gasteiger partial charge in [-0.1, -0.05) is 17.7 Å². The maximum absolute atomic E-state index is 13.0. The first-order valence-electron chi connectivity index (χ1n) is 4.19. The normalized spacial score (nSPS) is 11.4. The summed E-state index contributed by atoms with van der Waals surface area (Å²) >= 11 is 5.49. The summed E-state index contributed by atoms with van der Waals surface area (Å²) in [7, 11) is 0. The molecular weight excluding hydrogens is 347 g/mol. The van der Waals surface area contributed by atoms with Gasteiger partial charge in [-0.3, -0.25) is 4.99 Å². The van der Waals surface area contributed by atoms with Gasteiger partial charge in [0.05, 0.1) is 17.7 Å². The van der Waals surface area contributed by atoms with E-state index in [0.29, 0.717) is 5.56 Å². The highest BCUT2D eigenvalue weighted by Crippen LogP contribution is 2.20. The summed E-state index contributed by atoms with van der Waals surface area (Å²) in [6.07, 6.45) is -0.945. The van der Waals surface area contributed by atoms with E-state index in [1.807, 2.05) is 0 Å². The van der Waals surface area contributed by atoms with Crippen LogP contribution in [0.25, 0.3) is 0 Å². The van der Waals surface area contributed by atoms with Gasteiger partial charge in [0, 0.05) is 0 Å². The highest BCUT2D eigenvalue weighted by molar-refractivity contribution is 14.0. The Morgan fingerprint density at radius 3 is 2.62 bits per heavy atom. The fourth-order valence-electron chi connectivity index (χ4n) is 1.02. The van der Waals surface area contributed by atoms with Crippen LogP contribution in [0.3, 0.4) is 0 Å². The van der Waals surface area contributed by atoms with Gasteiger partial charge in [0.1, 0.15) is 5.82 Å². The minimum atomic E-state index is -0.945. The summed E-state index contributed by atoms with van der Waals surface area (Å²) in [5.74, 6) is -0.707. The second kappa shape index (κ2) is 6.87. The van der Waals surface area contributed by atoms with Crippen LogP contribution in [0.2, 0.25) is 5.02 Å². The zero-order chi connectivity index (χ0) is 11.4. The van der Waals surface area contributed by atoms with Crippen LogP contribution in [0.1, 0.15) is 11.7 Å². The van der Waals surface area contributed by atoms with Crippen molar-refractivity contribution < 1.29 is 9.50 Å². The quantitative estimate of drug-likeness (QED) is 0.433. The van der Waals surface area contributed by atoms with Gasteiger partial charge in [0.25, 0.3) is 0 Å². The van der Waals surface area contributed by atoms with Crippen LogP contribution < -0.4 is 11.5 Å². The third kappa shape index (κ3) is 4.50. The molecule has 5 N–H and O–H groups in total. The molecule has 0 aliphatic rings. The molecule has 1 atom stereocenters. The molecular formula is C9H12ClFIN3O. The summed E-state index contributed by atoms with van der Waals surface area (Å²) in [5, 5.41) is 9.56. The molecule has 0 spiro atoms. The Balaban J connectivity index is 0.00000225. The molecule has 0 fully saturated rings. The van der Waals surface area contributed by atoms with Crippen LogP contribution in [0, 0.1) is 5.82 Å². The van der Waals surface area contributed by atoms with Crippen LogP contribution in [0.15, 0.2) is 23.2 Å². The molecule has 0 heterocycles. The number of aliphatic hydroxyl groups is 1. The Bertz CT molecular complexity index is 385.